The quantitative estimate of drug-likeness (QED) is 0.898. The van der Waals surface area contributed by atoms with Gasteiger partial charge in [0.15, 0.2) is 0 Å². The summed E-state index contributed by atoms with van der Waals surface area (Å²) in [6.45, 7) is 1.76. The molecule has 84 valence electrons. The summed E-state index contributed by atoms with van der Waals surface area (Å²) in [5.41, 5.74) is 6.18. The third-order valence-electron chi connectivity index (χ3n) is 2.02. The molecule has 6 heteroatoms. The Morgan fingerprint density at radius 2 is 1.94 bits per heavy atom. The molecular weight excluding hydrogens is 249 g/mol. The molecule has 0 aliphatic heterocycles. The van der Waals surface area contributed by atoms with Gasteiger partial charge in [-0.15, -0.1) is 0 Å². The van der Waals surface area contributed by atoms with E-state index in [0.717, 1.165) is 0 Å². The molecule has 2 rings (SSSR count). The highest BCUT2D eigenvalue weighted by atomic mass is 35.5. The van der Waals surface area contributed by atoms with Gasteiger partial charge in [0.1, 0.15) is 0 Å². The van der Waals surface area contributed by atoms with Crippen LogP contribution >= 0.6 is 23.2 Å². The third kappa shape index (κ3) is 2.04. The fourth-order valence-corrected chi connectivity index (χ4v) is 1.80. The fraction of sp³-hybridized carbons (Fsp3) is 0.200. The molecule has 0 fully saturated rings. The van der Waals surface area contributed by atoms with Crippen LogP contribution in [0.5, 0.6) is 0 Å². The van der Waals surface area contributed by atoms with Crippen LogP contribution in [0.3, 0.4) is 0 Å². The van der Waals surface area contributed by atoms with E-state index in [2.05, 4.69) is 10.1 Å². The van der Waals surface area contributed by atoms with Crippen molar-refractivity contribution in [1.82, 2.24) is 10.1 Å². The lowest BCUT2D eigenvalue weighted by molar-refractivity contribution is 0.362. The van der Waals surface area contributed by atoms with E-state index >= 15 is 0 Å². The lowest BCUT2D eigenvalue weighted by Crippen LogP contribution is -2.04. The van der Waals surface area contributed by atoms with Crippen LogP contribution in [0.2, 0.25) is 10.0 Å². The fourth-order valence-electron chi connectivity index (χ4n) is 1.23. The van der Waals surface area contributed by atoms with Crippen LogP contribution in [0.25, 0.3) is 11.4 Å². The normalized spacial score (nSPS) is 12.8. The van der Waals surface area contributed by atoms with Gasteiger partial charge in [-0.3, -0.25) is 0 Å². The monoisotopic (exact) mass is 257 g/mol. The van der Waals surface area contributed by atoms with Crippen molar-refractivity contribution in [2.45, 2.75) is 13.0 Å². The molecule has 0 spiro atoms. The molecule has 0 saturated heterocycles. The Bertz CT molecular complexity index is 490. The topological polar surface area (TPSA) is 64.9 Å². The van der Waals surface area contributed by atoms with Crippen LogP contribution in [0, 0.1) is 0 Å². The third-order valence-corrected chi connectivity index (χ3v) is 2.65. The number of hydrogen-bond acceptors (Lipinski definition) is 4. The summed E-state index contributed by atoms with van der Waals surface area (Å²) >= 11 is 12.0. The van der Waals surface area contributed by atoms with Gasteiger partial charge in [-0.2, -0.15) is 4.98 Å². The summed E-state index contributed by atoms with van der Waals surface area (Å²) in [7, 11) is 0. The van der Waals surface area contributed by atoms with Crippen molar-refractivity contribution in [3.63, 3.8) is 0 Å². The number of nitrogens with zero attached hydrogens (tertiary/aromatic N) is 2. The molecule has 0 bridgehead atoms. The first-order chi connectivity index (χ1) is 7.59. The molecule has 0 aliphatic rings. The summed E-state index contributed by atoms with van der Waals surface area (Å²) in [6.07, 6.45) is 0. The van der Waals surface area contributed by atoms with Crippen molar-refractivity contribution in [3.05, 3.63) is 34.1 Å². The van der Waals surface area contributed by atoms with Gasteiger partial charge in [-0.1, -0.05) is 34.4 Å². The Morgan fingerprint density at radius 1 is 1.31 bits per heavy atom. The molecule has 0 amide bonds. The maximum atomic E-state index is 6.02. The molecule has 1 aromatic carbocycles. The Morgan fingerprint density at radius 3 is 2.44 bits per heavy atom. The smallest absolute Gasteiger partial charge is 0.243 e. The molecule has 0 radical (unpaired) electrons. The predicted octanol–water partition coefficient (Wildman–Crippen LogP) is 3.06. The maximum absolute atomic E-state index is 6.02. The van der Waals surface area contributed by atoms with Crippen LogP contribution < -0.4 is 5.73 Å². The Labute approximate surface area is 102 Å². The molecule has 4 nitrogen and oxygen atoms in total. The summed E-state index contributed by atoms with van der Waals surface area (Å²) in [6, 6.07) is 4.86. The zero-order chi connectivity index (χ0) is 11.7. The highest BCUT2D eigenvalue weighted by molar-refractivity contribution is 6.38. The molecule has 2 aromatic rings. The SMILES string of the molecule is C[C@@H](N)c1nc(-c2c(Cl)cccc2Cl)no1. The van der Waals surface area contributed by atoms with Crippen molar-refractivity contribution in [2.75, 3.05) is 0 Å². The van der Waals surface area contributed by atoms with Crippen LogP contribution in [-0.4, -0.2) is 10.1 Å². The van der Waals surface area contributed by atoms with E-state index in [1.807, 2.05) is 0 Å². The lowest BCUT2D eigenvalue weighted by Gasteiger charge is -2.00. The molecule has 1 atom stereocenters. The van der Waals surface area contributed by atoms with E-state index in [1.54, 1.807) is 25.1 Å². The highest BCUT2D eigenvalue weighted by Crippen LogP contribution is 2.32. The molecule has 0 unspecified atom stereocenters. The first-order valence-corrected chi connectivity index (χ1v) is 5.38. The highest BCUT2D eigenvalue weighted by Gasteiger charge is 2.16. The zero-order valence-corrected chi connectivity index (χ0v) is 9.96. The van der Waals surface area contributed by atoms with Crippen LogP contribution in [0.15, 0.2) is 22.7 Å². The average molecular weight is 258 g/mol. The van der Waals surface area contributed by atoms with E-state index in [1.165, 1.54) is 0 Å². The number of benzene rings is 1. The second-order valence-corrected chi connectivity index (χ2v) is 4.16. The molecule has 0 aliphatic carbocycles. The summed E-state index contributed by atoms with van der Waals surface area (Å²) in [4.78, 5) is 4.13. The summed E-state index contributed by atoms with van der Waals surface area (Å²) in [5, 5.41) is 4.75. The minimum absolute atomic E-state index is 0.317. The Kier molecular flexibility index (Phi) is 3.14. The number of nitrogens with two attached hydrogens (primary N) is 1. The van der Waals surface area contributed by atoms with Gasteiger partial charge in [-0.05, 0) is 19.1 Å². The number of hydrogen-bond donors (Lipinski definition) is 1. The van der Waals surface area contributed by atoms with Crippen molar-refractivity contribution in [3.8, 4) is 11.4 Å². The van der Waals surface area contributed by atoms with Crippen LogP contribution in [-0.2, 0) is 0 Å². The molecule has 1 aromatic heterocycles. The van der Waals surface area contributed by atoms with Gasteiger partial charge in [0.2, 0.25) is 11.7 Å². The molecular formula is C10H9Cl2N3O. The van der Waals surface area contributed by atoms with Crippen LogP contribution in [0.4, 0.5) is 0 Å². The van der Waals surface area contributed by atoms with Gasteiger partial charge >= 0.3 is 0 Å². The minimum Gasteiger partial charge on any atom is -0.337 e. The Balaban J connectivity index is 2.50. The van der Waals surface area contributed by atoms with Gasteiger partial charge in [0, 0.05) is 0 Å². The minimum atomic E-state index is -0.317. The van der Waals surface area contributed by atoms with E-state index in [4.69, 9.17) is 33.5 Å². The molecule has 1 heterocycles. The predicted molar refractivity (Wildman–Crippen MR) is 62.4 cm³/mol. The molecule has 2 N–H and O–H groups in total. The first-order valence-electron chi connectivity index (χ1n) is 4.63. The Hall–Kier alpha value is -1.10. The van der Waals surface area contributed by atoms with E-state index in [9.17, 15) is 0 Å². The van der Waals surface area contributed by atoms with Gasteiger partial charge < -0.3 is 10.3 Å². The number of rotatable bonds is 2. The standard InChI is InChI=1S/C10H9Cl2N3O/c1-5(13)10-14-9(15-16-10)8-6(11)3-2-4-7(8)12/h2-5H,13H2,1H3/t5-/m1/s1. The average Bonchev–Trinajstić information content (AvgIpc) is 2.66. The molecule has 0 saturated carbocycles. The van der Waals surface area contributed by atoms with Gasteiger partial charge in [0.25, 0.3) is 0 Å². The summed E-state index contributed by atoms with van der Waals surface area (Å²) < 4.78 is 4.99. The van der Waals surface area contributed by atoms with Gasteiger partial charge in [-0.25, -0.2) is 0 Å². The first kappa shape index (κ1) is 11.4. The summed E-state index contributed by atoms with van der Waals surface area (Å²) in [5.74, 6) is 0.703. The van der Waals surface area contributed by atoms with Crippen LogP contribution in [0.1, 0.15) is 18.9 Å². The lowest BCUT2D eigenvalue weighted by atomic mass is 10.2. The van der Waals surface area contributed by atoms with Crippen molar-refractivity contribution in [1.29, 1.82) is 0 Å². The van der Waals surface area contributed by atoms with Gasteiger partial charge in [0.05, 0.1) is 21.7 Å². The van der Waals surface area contributed by atoms with E-state index in [0.29, 0.717) is 27.3 Å². The number of halogens is 2. The largest absolute Gasteiger partial charge is 0.337 e. The maximum Gasteiger partial charge on any atom is 0.243 e. The van der Waals surface area contributed by atoms with Crippen molar-refractivity contribution < 1.29 is 4.52 Å². The number of aromatic nitrogens is 2. The zero-order valence-electron chi connectivity index (χ0n) is 8.45. The molecule has 16 heavy (non-hydrogen) atoms. The van der Waals surface area contributed by atoms with E-state index in [-0.39, 0.29) is 6.04 Å². The van der Waals surface area contributed by atoms with Crippen molar-refractivity contribution in [2.24, 2.45) is 5.73 Å². The van der Waals surface area contributed by atoms with Crippen molar-refractivity contribution >= 4 is 23.2 Å². The second kappa shape index (κ2) is 4.41. The second-order valence-electron chi connectivity index (χ2n) is 3.34. The van der Waals surface area contributed by atoms with E-state index < -0.39 is 0 Å².